The monoisotopic (exact) mass is 327 g/mol. The normalized spacial score (nSPS) is 18.6. The van der Waals surface area contributed by atoms with Crippen molar-refractivity contribution >= 4 is 17.8 Å². The molecule has 1 unspecified atom stereocenters. The van der Waals surface area contributed by atoms with E-state index in [1.165, 1.54) is 7.11 Å². The first-order valence-electron chi connectivity index (χ1n) is 8.29. The summed E-state index contributed by atoms with van der Waals surface area (Å²) >= 11 is 0. The molecule has 2 N–H and O–H groups in total. The van der Waals surface area contributed by atoms with Gasteiger partial charge in [0.15, 0.2) is 0 Å². The minimum absolute atomic E-state index is 0.0790. The predicted molar refractivity (Wildman–Crippen MR) is 86.7 cm³/mol. The van der Waals surface area contributed by atoms with Crippen molar-refractivity contribution in [3.8, 4) is 0 Å². The first-order chi connectivity index (χ1) is 10.9. The molecule has 0 aliphatic carbocycles. The Morgan fingerprint density at radius 1 is 1.43 bits per heavy atom. The molecule has 1 aliphatic rings. The van der Waals surface area contributed by atoms with Crippen molar-refractivity contribution in [1.82, 2.24) is 15.5 Å². The van der Waals surface area contributed by atoms with Crippen LogP contribution in [0, 0.1) is 5.92 Å². The molecule has 0 aromatic rings. The third kappa shape index (κ3) is 7.45. The molecular weight excluding hydrogens is 298 g/mol. The maximum atomic E-state index is 12.0. The summed E-state index contributed by atoms with van der Waals surface area (Å²) in [5.74, 6) is 0.0368. The zero-order valence-electron chi connectivity index (χ0n) is 14.4. The summed E-state index contributed by atoms with van der Waals surface area (Å²) in [6, 6.07) is -0.400. The van der Waals surface area contributed by atoms with Crippen molar-refractivity contribution in [2.45, 2.75) is 45.6 Å². The van der Waals surface area contributed by atoms with Crippen molar-refractivity contribution in [3.05, 3.63) is 0 Å². The van der Waals surface area contributed by atoms with E-state index in [2.05, 4.69) is 34.1 Å². The summed E-state index contributed by atoms with van der Waals surface area (Å²) in [5.41, 5.74) is 0. The smallest absolute Gasteiger partial charge is 0.305 e. The molecule has 23 heavy (non-hydrogen) atoms. The van der Waals surface area contributed by atoms with E-state index in [4.69, 9.17) is 0 Å². The van der Waals surface area contributed by atoms with E-state index >= 15 is 0 Å². The van der Waals surface area contributed by atoms with Gasteiger partial charge in [-0.25, -0.2) is 0 Å². The summed E-state index contributed by atoms with van der Waals surface area (Å²) in [6.07, 6.45) is 1.97. The van der Waals surface area contributed by atoms with Crippen LogP contribution in [0.4, 0.5) is 0 Å². The highest BCUT2D eigenvalue weighted by Gasteiger charge is 2.31. The summed E-state index contributed by atoms with van der Waals surface area (Å²) in [7, 11) is 1.34. The maximum absolute atomic E-state index is 12.0. The van der Waals surface area contributed by atoms with Crippen LogP contribution >= 0.6 is 0 Å². The van der Waals surface area contributed by atoms with Crippen LogP contribution in [0.1, 0.15) is 39.5 Å². The van der Waals surface area contributed by atoms with Gasteiger partial charge >= 0.3 is 5.97 Å². The van der Waals surface area contributed by atoms with Gasteiger partial charge in [0.2, 0.25) is 11.8 Å². The van der Waals surface area contributed by atoms with Gasteiger partial charge in [-0.1, -0.05) is 13.8 Å². The lowest BCUT2D eigenvalue weighted by molar-refractivity contribution is -0.140. The van der Waals surface area contributed by atoms with Gasteiger partial charge in [0.25, 0.3) is 0 Å². The standard InChI is InChI=1S/C16H29N3O4/c1-12(2)6-9-19-10-8-18-16(22)13(19)11-14(20)17-7-4-5-15(21)23-3/h12-13H,4-11H2,1-3H3,(H,17,20)(H,18,22). The van der Waals surface area contributed by atoms with Crippen LogP contribution in [0.5, 0.6) is 0 Å². The van der Waals surface area contributed by atoms with Crippen molar-refractivity contribution in [3.63, 3.8) is 0 Å². The van der Waals surface area contributed by atoms with E-state index in [9.17, 15) is 14.4 Å². The number of rotatable bonds is 9. The van der Waals surface area contributed by atoms with E-state index in [0.717, 1.165) is 19.5 Å². The van der Waals surface area contributed by atoms with Crippen LogP contribution in [0.15, 0.2) is 0 Å². The highest BCUT2D eigenvalue weighted by Crippen LogP contribution is 2.12. The number of piperazine rings is 1. The van der Waals surface area contributed by atoms with Crippen LogP contribution in [0.2, 0.25) is 0 Å². The molecule has 132 valence electrons. The lowest BCUT2D eigenvalue weighted by Crippen LogP contribution is -2.56. The molecule has 0 bridgehead atoms. The minimum atomic E-state index is -0.400. The molecule has 1 saturated heterocycles. The first kappa shape index (κ1) is 19.4. The van der Waals surface area contributed by atoms with Gasteiger partial charge in [0.1, 0.15) is 0 Å². The lowest BCUT2D eigenvalue weighted by atomic mass is 10.1. The first-order valence-corrected chi connectivity index (χ1v) is 8.29. The van der Waals surface area contributed by atoms with Gasteiger partial charge in [-0.05, 0) is 25.3 Å². The van der Waals surface area contributed by atoms with Gasteiger partial charge in [-0.2, -0.15) is 0 Å². The Balaban J connectivity index is 2.38. The fraction of sp³-hybridized carbons (Fsp3) is 0.812. The summed E-state index contributed by atoms with van der Waals surface area (Å²) < 4.78 is 4.54. The molecule has 2 amide bonds. The number of nitrogens with zero attached hydrogens (tertiary/aromatic N) is 1. The fourth-order valence-corrected chi connectivity index (χ4v) is 2.49. The van der Waals surface area contributed by atoms with Crippen molar-refractivity contribution in [1.29, 1.82) is 0 Å². The second-order valence-electron chi connectivity index (χ2n) is 6.26. The molecule has 1 fully saturated rings. The van der Waals surface area contributed by atoms with E-state index in [0.29, 0.717) is 25.4 Å². The Bertz CT molecular complexity index is 412. The number of amides is 2. The molecule has 0 saturated carbocycles. The molecule has 1 aliphatic heterocycles. The highest BCUT2D eigenvalue weighted by molar-refractivity contribution is 5.88. The number of ether oxygens (including phenoxy) is 1. The molecule has 0 radical (unpaired) electrons. The van der Waals surface area contributed by atoms with Crippen LogP contribution in [0.3, 0.4) is 0 Å². The number of hydrogen-bond donors (Lipinski definition) is 2. The van der Waals surface area contributed by atoms with Crippen LogP contribution in [-0.2, 0) is 19.1 Å². The van der Waals surface area contributed by atoms with Gasteiger partial charge in [0.05, 0.1) is 19.6 Å². The highest BCUT2D eigenvalue weighted by atomic mass is 16.5. The quantitative estimate of drug-likeness (QED) is 0.469. The molecular formula is C16H29N3O4. The Morgan fingerprint density at radius 3 is 2.83 bits per heavy atom. The Labute approximate surface area is 138 Å². The number of carbonyl (C=O) groups excluding carboxylic acids is 3. The minimum Gasteiger partial charge on any atom is -0.469 e. The number of nitrogens with one attached hydrogen (secondary N) is 2. The average molecular weight is 327 g/mol. The summed E-state index contributed by atoms with van der Waals surface area (Å²) in [6.45, 7) is 6.94. The molecule has 1 heterocycles. The Hall–Kier alpha value is -1.63. The zero-order chi connectivity index (χ0) is 17.2. The second-order valence-corrected chi connectivity index (χ2v) is 6.26. The molecule has 0 spiro atoms. The topological polar surface area (TPSA) is 87.7 Å². The fourth-order valence-electron chi connectivity index (χ4n) is 2.49. The van der Waals surface area contributed by atoms with Gasteiger partial charge in [0, 0.05) is 26.1 Å². The van der Waals surface area contributed by atoms with E-state index in [1.807, 2.05) is 0 Å². The van der Waals surface area contributed by atoms with E-state index in [1.54, 1.807) is 0 Å². The molecule has 0 aromatic carbocycles. The Morgan fingerprint density at radius 2 is 2.17 bits per heavy atom. The van der Waals surface area contributed by atoms with Gasteiger partial charge < -0.3 is 15.4 Å². The predicted octanol–water partition coefficient (Wildman–Crippen LogP) is 0.292. The van der Waals surface area contributed by atoms with Crippen LogP contribution < -0.4 is 10.6 Å². The number of methoxy groups -OCH3 is 1. The van der Waals surface area contributed by atoms with Crippen molar-refractivity contribution in [2.24, 2.45) is 5.92 Å². The molecule has 7 nitrogen and oxygen atoms in total. The van der Waals surface area contributed by atoms with Crippen LogP contribution in [-0.4, -0.2) is 62.0 Å². The van der Waals surface area contributed by atoms with Crippen LogP contribution in [0.25, 0.3) is 0 Å². The molecule has 1 rings (SSSR count). The van der Waals surface area contributed by atoms with Gasteiger partial charge in [-0.3, -0.25) is 19.3 Å². The summed E-state index contributed by atoms with van der Waals surface area (Å²) in [5, 5.41) is 5.59. The Kier molecular flexibility index (Phi) is 8.61. The largest absolute Gasteiger partial charge is 0.469 e. The van der Waals surface area contributed by atoms with Gasteiger partial charge in [-0.15, -0.1) is 0 Å². The summed E-state index contributed by atoms with van der Waals surface area (Å²) in [4.78, 5) is 37.2. The lowest BCUT2D eigenvalue weighted by Gasteiger charge is -2.35. The van der Waals surface area contributed by atoms with Crippen molar-refractivity contribution < 1.29 is 19.1 Å². The van der Waals surface area contributed by atoms with Crippen molar-refractivity contribution in [2.75, 3.05) is 33.3 Å². The molecule has 1 atom stereocenters. The number of hydrogen-bond acceptors (Lipinski definition) is 5. The maximum Gasteiger partial charge on any atom is 0.305 e. The number of esters is 1. The van der Waals surface area contributed by atoms with E-state index < -0.39 is 6.04 Å². The van der Waals surface area contributed by atoms with E-state index in [-0.39, 0.29) is 30.6 Å². The number of carbonyl (C=O) groups is 3. The zero-order valence-corrected chi connectivity index (χ0v) is 14.4. The third-order valence-corrected chi connectivity index (χ3v) is 3.92. The molecule has 0 aromatic heterocycles. The molecule has 7 heteroatoms. The SMILES string of the molecule is COC(=O)CCCNC(=O)CC1C(=O)NCCN1CCC(C)C. The average Bonchev–Trinajstić information content (AvgIpc) is 2.51. The second kappa shape index (κ2) is 10.2. The third-order valence-electron chi connectivity index (χ3n) is 3.92.